The standard InChI is InChI=1S/C17H25NO6/c1-4-22-12-24-17(18,16(20)21-3)10-13(2)15(19)23-11-14-8-6-5-7-9-14/h5-9,13H,4,10-12,18H2,1-3H3/t13-,17-/m0/s1. The maximum absolute atomic E-state index is 12.1. The van der Waals surface area contributed by atoms with Gasteiger partial charge in [-0.3, -0.25) is 10.5 Å². The Balaban J connectivity index is 2.60. The van der Waals surface area contributed by atoms with Crippen LogP contribution in [0.3, 0.4) is 0 Å². The van der Waals surface area contributed by atoms with Crippen LogP contribution in [0, 0.1) is 5.92 Å². The number of nitrogens with two attached hydrogens (primary N) is 1. The maximum atomic E-state index is 12.1. The Hall–Kier alpha value is -1.96. The summed E-state index contributed by atoms with van der Waals surface area (Å²) in [6.07, 6.45) is -0.0830. The molecule has 0 heterocycles. The number of rotatable bonds is 10. The van der Waals surface area contributed by atoms with Gasteiger partial charge in [0.15, 0.2) is 0 Å². The van der Waals surface area contributed by atoms with Crippen molar-refractivity contribution < 1.29 is 28.5 Å². The third-order valence-electron chi connectivity index (χ3n) is 3.37. The SMILES string of the molecule is CCOCO[C@@](N)(C[C@H](C)C(=O)OCc1ccccc1)C(=O)OC. The van der Waals surface area contributed by atoms with E-state index in [-0.39, 0.29) is 19.8 Å². The summed E-state index contributed by atoms with van der Waals surface area (Å²) in [7, 11) is 1.20. The molecule has 7 heteroatoms. The highest BCUT2D eigenvalue weighted by molar-refractivity contribution is 5.80. The maximum Gasteiger partial charge on any atom is 0.353 e. The zero-order valence-corrected chi connectivity index (χ0v) is 14.3. The van der Waals surface area contributed by atoms with E-state index < -0.39 is 23.6 Å². The van der Waals surface area contributed by atoms with E-state index in [0.29, 0.717) is 6.61 Å². The van der Waals surface area contributed by atoms with Gasteiger partial charge in [-0.25, -0.2) is 4.79 Å². The van der Waals surface area contributed by atoms with Crippen molar-refractivity contribution in [3.05, 3.63) is 35.9 Å². The average molecular weight is 339 g/mol. The molecule has 0 aromatic heterocycles. The zero-order valence-electron chi connectivity index (χ0n) is 14.3. The Kier molecular flexibility index (Phi) is 8.39. The first-order valence-corrected chi connectivity index (χ1v) is 7.72. The predicted octanol–water partition coefficient (Wildman–Crippen LogP) is 1.59. The first-order valence-electron chi connectivity index (χ1n) is 7.72. The number of methoxy groups -OCH3 is 1. The van der Waals surface area contributed by atoms with Gasteiger partial charge >= 0.3 is 11.9 Å². The predicted molar refractivity (Wildman–Crippen MR) is 86.5 cm³/mol. The molecule has 134 valence electrons. The molecule has 0 saturated heterocycles. The van der Waals surface area contributed by atoms with E-state index in [0.717, 1.165) is 5.56 Å². The van der Waals surface area contributed by atoms with E-state index in [1.54, 1.807) is 13.8 Å². The van der Waals surface area contributed by atoms with E-state index >= 15 is 0 Å². The minimum absolute atomic E-state index is 0.0830. The summed E-state index contributed by atoms with van der Waals surface area (Å²) in [5.74, 6) is -1.90. The molecular weight excluding hydrogens is 314 g/mol. The lowest BCUT2D eigenvalue weighted by atomic mass is 9.99. The van der Waals surface area contributed by atoms with Crippen LogP contribution >= 0.6 is 0 Å². The van der Waals surface area contributed by atoms with Crippen molar-refractivity contribution in [2.45, 2.75) is 32.6 Å². The third-order valence-corrected chi connectivity index (χ3v) is 3.37. The molecule has 0 aliphatic heterocycles. The summed E-state index contributed by atoms with van der Waals surface area (Å²) in [6, 6.07) is 9.30. The Morgan fingerprint density at radius 2 is 1.92 bits per heavy atom. The van der Waals surface area contributed by atoms with Crippen molar-refractivity contribution in [3.63, 3.8) is 0 Å². The summed E-state index contributed by atoms with van der Waals surface area (Å²) in [6.45, 7) is 3.78. The van der Waals surface area contributed by atoms with E-state index in [9.17, 15) is 9.59 Å². The summed E-state index contributed by atoms with van der Waals surface area (Å²) in [5.41, 5.74) is 5.06. The molecule has 0 aliphatic rings. The smallest absolute Gasteiger partial charge is 0.353 e. The summed E-state index contributed by atoms with van der Waals surface area (Å²) >= 11 is 0. The molecule has 0 radical (unpaired) electrons. The molecule has 0 bridgehead atoms. The van der Waals surface area contributed by atoms with E-state index in [4.69, 9.17) is 19.9 Å². The van der Waals surface area contributed by atoms with Gasteiger partial charge in [0, 0.05) is 13.0 Å². The van der Waals surface area contributed by atoms with Crippen molar-refractivity contribution >= 4 is 11.9 Å². The Bertz CT molecular complexity index is 521. The summed E-state index contributed by atoms with van der Waals surface area (Å²) in [4.78, 5) is 24.0. The monoisotopic (exact) mass is 339 g/mol. The second kappa shape index (κ2) is 10.0. The van der Waals surface area contributed by atoms with Gasteiger partial charge < -0.3 is 18.9 Å². The van der Waals surface area contributed by atoms with Crippen LogP contribution in [0.1, 0.15) is 25.8 Å². The first kappa shape index (κ1) is 20.1. The Morgan fingerprint density at radius 3 is 2.50 bits per heavy atom. The van der Waals surface area contributed by atoms with Gasteiger partial charge in [-0.1, -0.05) is 37.3 Å². The minimum Gasteiger partial charge on any atom is -0.466 e. The molecule has 0 saturated carbocycles. The first-order chi connectivity index (χ1) is 11.4. The molecule has 0 fully saturated rings. The average Bonchev–Trinajstić information content (AvgIpc) is 2.59. The van der Waals surface area contributed by atoms with Crippen molar-refractivity contribution in [2.75, 3.05) is 20.5 Å². The van der Waals surface area contributed by atoms with Crippen molar-refractivity contribution in [3.8, 4) is 0 Å². The van der Waals surface area contributed by atoms with E-state index in [2.05, 4.69) is 4.74 Å². The van der Waals surface area contributed by atoms with Crippen LogP contribution < -0.4 is 5.73 Å². The van der Waals surface area contributed by atoms with Gasteiger partial charge in [0.2, 0.25) is 5.72 Å². The lowest BCUT2D eigenvalue weighted by Gasteiger charge is -2.28. The molecule has 0 unspecified atom stereocenters. The third kappa shape index (κ3) is 6.27. The summed E-state index contributed by atoms with van der Waals surface area (Å²) in [5, 5.41) is 0. The Labute approximate surface area is 142 Å². The van der Waals surface area contributed by atoms with Crippen LogP contribution in [0.2, 0.25) is 0 Å². The fourth-order valence-electron chi connectivity index (χ4n) is 2.01. The van der Waals surface area contributed by atoms with Gasteiger partial charge in [-0.05, 0) is 12.5 Å². The number of hydrogen-bond donors (Lipinski definition) is 1. The number of esters is 2. The van der Waals surface area contributed by atoms with Crippen LogP contribution in [-0.4, -0.2) is 38.2 Å². The van der Waals surface area contributed by atoms with Crippen molar-refractivity contribution in [1.82, 2.24) is 0 Å². The molecule has 24 heavy (non-hydrogen) atoms. The highest BCUT2D eigenvalue weighted by atomic mass is 16.7. The Morgan fingerprint density at radius 1 is 1.25 bits per heavy atom. The van der Waals surface area contributed by atoms with E-state index in [1.165, 1.54) is 7.11 Å². The molecule has 1 aromatic rings. The largest absolute Gasteiger partial charge is 0.466 e. The summed E-state index contributed by atoms with van der Waals surface area (Å²) < 4.78 is 20.2. The minimum atomic E-state index is -1.77. The molecule has 2 atom stereocenters. The molecule has 1 aromatic carbocycles. The van der Waals surface area contributed by atoms with E-state index in [1.807, 2.05) is 30.3 Å². The zero-order chi connectivity index (χ0) is 18.0. The van der Waals surface area contributed by atoms with Gasteiger partial charge in [-0.15, -0.1) is 0 Å². The number of hydrogen-bond acceptors (Lipinski definition) is 7. The molecule has 7 nitrogen and oxygen atoms in total. The molecule has 0 spiro atoms. The second-order valence-electron chi connectivity index (χ2n) is 5.33. The number of carbonyl (C=O) groups excluding carboxylic acids is 2. The topological polar surface area (TPSA) is 97.1 Å². The van der Waals surface area contributed by atoms with Gasteiger partial charge in [-0.2, -0.15) is 0 Å². The molecular formula is C17H25NO6. The number of ether oxygens (including phenoxy) is 4. The van der Waals surface area contributed by atoms with Crippen LogP contribution in [0.15, 0.2) is 30.3 Å². The molecule has 2 N–H and O–H groups in total. The normalized spacial score (nSPS) is 14.5. The number of benzene rings is 1. The van der Waals surface area contributed by atoms with Gasteiger partial charge in [0.1, 0.15) is 13.4 Å². The molecule has 1 rings (SSSR count). The van der Waals surface area contributed by atoms with Gasteiger partial charge in [0.25, 0.3) is 0 Å². The fourth-order valence-corrected chi connectivity index (χ4v) is 2.01. The van der Waals surface area contributed by atoms with Crippen molar-refractivity contribution in [1.29, 1.82) is 0 Å². The van der Waals surface area contributed by atoms with Crippen LogP contribution in [0.5, 0.6) is 0 Å². The van der Waals surface area contributed by atoms with Crippen LogP contribution in [-0.2, 0) is 35.1 Å². The van der Waals surface area contributed by atoms with Crippen molar-refractivity contribution in [2.24, 2.45) is 11.7 Å². The quantitative estimate of drug-likeness (QED) is 0.393. The highest BCUT2D eigenvalue weighted by Gasteiger charge is 2.40. The van der Waals surface area contributed by atoms with Gasteiger partial charge in [0.05, 0.1) is 13.0 Å². The molecule has 0 amide bonds. The fraction of sp³-hybridized carbons (Fsp3) is 0.529. The highest BCUT2D eigenvalue weighted by Crippen LogP contribution is 2.20. The lowest BCUT2D eigenvalue weighted by molar-refractivity contribution is -0.192. The van der Waals surface area contributed by atoms with Crippen LogP contribution in [0.25, 0.3) is 0 Å². The van der Waals surface area contributed by atoms with Crippen LogP contribution in [0.4, 0.5) is 0 Å². The lowest BCUT2D eigenvalue weighted by Crippen LogP contribution is -2.53. The second-order valence-corrected chi connectivity index (χ2v) is 5.33. The molecule has 0 aliphatic carbocycles. The number of carbonyl (C=O) groups is 2.